The Balaban J connectivity index is 1.99. The lowest BCUT2D eigenvalue weighted by molar-refractivity contribution is -0.0689. The van der Waals surface area contributed by atoms with Crippen LogP contribution < -0.4 is 5.32 Å². The van der Waals surface area contributed by atoms with Crippen molar-refractivity contribution in [1.29, 1.82) is 0 Å². The van der Waals surface area contributed by atoms with Gasteiger partial charge in [-0.15, -0.1) is 24.0 Å². The summed E-state index contributed by atoms with van der Waals surface area (Å²) < 4.78 is 0. The van der Waals surface area contributed by atoms with Gasteiger partial charge in [0, 0.05) is 21.7 Å². The summed E-state index contributed by atoms with van der Waals surface area (Å²) in [7, 11) is 0. The highest BCUT2D eigenvalue weighted by Crippen LogP contribution is 2.40. The topological polar surface area (TPSA) is 49.3 Å². The molecule has 2 unspecified atom stereocenters. The highest BCUT2D eigenvalue weighted by Gasteiger charge is 2.48. The van der Waals surface area contributed by atoms with Crippen molar-refractivity contribution >= 4 is 29.9 Å². The van der Waals surface area contributed by atoms with E-state index in [9.17, 15) is 9.90 Å². The van der Waals surface area contributed by atoms with Crippen molar-refractivity contribution in [3.63, 3.8) is 0 Å². The van der Waals surface area contributed by atoms with Gasteiger partial charge in [-0.2, -0.15) is 0 Å². The summed E-state index contributed by atoms with van der Waals surface area (Å²) in [6.45, 7) is 3.93. The largest absolute Gasteiger partial charge is 0.392 e. The third kappa shape index (κ3) is 1.99. The Morgan fingerprint density at radius 3 is 2.81 bits per heavy atom. The third-order valence-corrected chi connectivity index (χ3v) is 4.69. The minimum Gasteiger partial charge on any atom is -0.392 e. The van der Waals surface area contributed by atoms with E-state index >= 15 is 0 Å². The van der Waals surface area contributed by atoms with Crippen molar-refractivity contribution in [3.05, 3.63) is 16.3 Å². The highest BCUT2D eigenvalue weighted by molar-refractivity contribution is 7.80. The number of thiol groups is 1. The molecule has 1 aromatic rings. The lowest BCUT2D eigenvalue weighted by atomic mass is 9.64. The maximum Gasteiger partial charge on any atom is 0.261 e. The van der Waals surface area contributed by atoms with Crippen LogP contribution in [0.25, 0.3) is 0 Å². The minimum atomic E-state index is -0.318. The Hall–Kier alpha value is -0.520. The molecule has 0 aromatic carbocycles. The van der Waals surface area contributed by atoms with E-state index in [1.54, 1.807) is 6.07 Å². The monoisotopic (exact) mass is 257 g/mol. The van der Waals surface area contributed by atoms with Crippen LogP contribution in [0.1, 0.15) is 29.9 Å². The van der Waals surface area contributed by atoms with Crippen LogP contribution in [0.4, 0.5) is 0 Å². The molecule has 0 saturated heterocycles. The lowest BCUT2D eigenvalue weighted by Gasteiger charge is -2.49. The van der Waals surface area contributed by atoms with E-state index in [-0.39, 0.29) is 23.5 Å². The second kappa shape index (κ2) is 4.05. The van der Waals surface area contributed by atoms with Crippen LogP contribution in [0.2, 0.25) is 0 Å². The molecule has 1 saturated carbocycles. The van der Waals surface area contributed by atoms with Crippen molar-refractivity contribution in [2.75, 3.05) is 0 Å². The molecule has 2 atom stereocenters. The zero-order valence-corrected chi connectivity index (χ0v) is 10.9. The number of aliphatic hydroxyl groups excluding tert-OH is 1. The van der Waals surface area contributed by atoms with E-state index in [1.165, 1.54) is 11.3 Å². The second-order valence-corrected chi connectivity index (χ2v) is 6.20. The average molecular weight is 257 g/mol. The van der Waals surface area contributed by atoms with Gasteiger partial charge in [-0.05, 0) is 12.5 Å². The van der Waals surface area contributed by atoms with Gasteiger partial charge in [-0.25, -0.2) is 0 Å². The Morgan fingerprint density at radius 1 is 1.69 bits per heavy atom. The van der Waals surface area contributed by atoms with Gasteiger partial charge in [0.15, 0.2) is 0 Å². The molecule has 0 bridgehead atoms. The van der Waals surface area contributed by atoms with Crippen LogP contribution in [-0.4, -0.2) is 23.2 Å². The summed E-state index contributed by atoms with van der Waals surface area (Å²) in [5, 5.41) is 14.3. The van der Waals surface area contributed by atoms with Crippen molar-refractivity contribution in [2.45, 2.75) is 37.3 Å². The molecule has 1 aliphatic carbocycles. The normalized spacial score (nSPS) is 27.2. The molecule has 3 nitrogen and oxygen atoms in total. The van der Waals surface area contributed by atoms with E-state index in [0.29, 0.717) is 11.3 Å². The first-order chi connectivity index (χ1) is 7.41. The van der Waals surface area contributed by atoms with E-state index in [1.807, 2.05) is 19.2 Å². The lowest BCUT2D eigenvalue weighted by Crippen LogP contribution is -2.61. The van der Waals surface area contributed by atoms with Crippen molar-refractivity contribution < 1.29 is 9.90 Å². The summed E-state index contributed by atoms with van der Waals surface area (Å²) >= 11 is 5.55. The van der Waals surface area contributed by atoms with Gasteiger partial charge in [0.05, 0.1) is 11.0 Å². The minimum absolute atomic E-state index is 0.0560. The third-order valence-electron chi connectivity index (χ3n) is 3.33. The van der Waals surface area contributed by atoms with Gasteiger partial charge < -0.3 is 10.4 Å². The zero-order chi connectivity index (χ0) is 11.9. The fraction of sp³-hybridized carbons (Fsp3) is 0.545. The maximum atomic E-state index is 11.8. The Bertz CT molecular complexity index is 414. The maximum absolute atomic E-state index is 11.8. The summed E-state index contributed by atoms with van der Waals surface area (Å²) in [5.41, 5.74) is -0.225. The van der Waals surface area contributed by atoms with Gasteiger partial charge in [0.1, 0.15) is 0 Å². The first-order valence-corrected chi connectivity index (χ1v) is 6.50. The van der Waals surface area contributed by atoms with Crippen molar-refractivity contribution in [3.8, 4) is 0 Å². The molecule has 1 aromatic heterocycles. The first-order valence-electron chi connectivity index (χ1n) is 5.17. The summed E-state index contributed by atoms with van der Waals surface area (Å²) in [6, 6.07) is 1.81. The van der Waals surface area contributed by atoms with E-state index < -0.39 is 0 Å². The molecular weight excluding hydrogens is 242 g/mol. The Kier molecular flexibility index (Phi) is 3.03. The van der Waals surface area contributed by atoms with Gasteiger partial charge in [0.2, 0.25) is 0 Å². The zero-order valence-electron chi connectivity index (χ0n) is 9.23. The van der Waals surface area contributed by atoms with Crippen LogP contribution in [-0.2, 0) is 0 Å². The number of hydrogen-bond donors (Lipinski definition) is 3. The van der Waals surface area contributed by atoms with Crippen molar-refractivity contribution in [1.82, 2.24) is 5.32 Å². The number of thiophene rings is 1. The standard InChI is InChI=1S/C11H15NO2S2/c1-11(2)8(4-9(11)13)12-10(14)7-3-6(15)5-16-7/h3,5,8-9,13,15H,4H2,1-2H3,(H,12,14). The second-order valence-electron chi connectivity index (χ2n) is 4.77. The average Bonchev–Trinajstić information content (AvgIpc) is 2.64. The van der Waals surface area contributed by atoms with Crippen LogP contribution in [0, 0.1) is 5.41 Å². The number of hydrogen-bond acceptors (Lipinski definition) is 4. The molecular formula is C11H15NO2S2. The van der Waals surface area contributed by atoms with Crippen LogP contribution in [0.5, 0.6) is 0 Å². The van der Waals surface area contributed by atoms with Gasteiger partial charge in [-0.3, -0.25) is 4.79 Å². The van der Waals surface area contributed by atoms with Gasteiger partial charge in [0.25, 0.3) is 5.91 Å². The van der Waals surface area contributed by atoms with E-state index in [2.05, 4.69) is 17.9 Å². The predicted molar refractivity (Wildman–Crippen MR) is 67.2 cm³/mol. The highest BCUT2D eigenvalue weighted by atomic mass is 32.1. The molecule has 0 aliphatic heterocycles. The molecule has 88 valence electrons. The molecule has 0 spiro atoms. The van der Waals surface area contributed by atoms with Gasteiger partial charge >= 0.3 is 0 Å². The number of rotatable bonds is 2. The fourth-order valence-electron chi connectivity index (χ4n) is 1.82. The number of amides is 1. The van der Waals surface area contributed by atoms with Crippen LogP contribution >= 0.6 is 24.0 Å². The summed E-state index contributed by atoms with van der Waals surface area (Å²) in [6.07, 6.45) is 0.319. The quantitative estimate of drug-likeness (QED) is 0.709. The molecule has 0 radical (unpaired) electrons. The number of aliphatic hydroxyl groups is 1. The van der Waals surface area contributed by atoms with E-state index in [0.717, 1.165) is 4.90 Å². The van der Waals surface area contributed by atoms with Crippen LogP contribution in [0.3, 0.4) is 0 Å². The van der Waals surface area contributed by atoms with E-state index in [4.69, 9.17) is 0 Å². The van der Waals surface area contributed by atoms with Crippen molar-refractivity contribution in [2.24, 2.45) is 5.41 Å². The first kappa shape index (κ1) is 12.0. The number of nitrogens with one attached hydrogen (secondary N) is 1. The SMILES string of the molecule is CC1(C)C(O)CC1NC(=O)c1cc(S)cs1. The Morgan fingerprint density at radius 2 is 2.38 bits per heavy atom. The molecule has 2 N–H and O–H groups in total. The van der Waals surface area contributed by atoms with Crippen LogP contribution in [0.15, 0.2) is 16.3 Å². The number of carbonyl (C=O) groups excluding carboxylic acids is 1. The molecule has 1 aliphatic rings. The molecule has 1 amide bonds. The fourth-order valence-corrected chi connectivity index (χ4v) is 2.87. The molecule has 1 fully saturated rings. The smallest absolute Gasteiger partial charge is 0.261 e. The summed E-state index contributed by atoms with van der Waals surface area (Å²) in [5.74, 6) is -0.0738. The molecule has 16 heavy (non-hydrogen) atoms. The molecule has 1 heterocycles. The molecule has 2 rings (SSSR count). The summed E-state index contributed by atoms with van der Waals surface area (Å²) in [4.78, 5) is 13.3. The predicted octanol–water partition coefficient (Wildman–Crippen LogP) is 1.93. The molecule has 5 heteroatoms. The number of carbonyl (C=O) groups is 1. The van der Waals surface area contributed by atoms with Gasteiger partial charge in [-0.1, -0.05) is 13.8 Å². The Labute approximate surface area is 104 Å².